The second-order valence-electron chi connectivity index (χ2n) is 5.86. The van der Waals surface area contributed by atoms with Crippen LogP contribution in [0.3, 0.4) is 0 Å². The van der Waals surface area contributed by atoms with Crippen molar-refractivity contribution >= 4 is 51.4 Å². The summed E-state index contributed by atoms with van der Waals surface area (Å²) < 4.78 is 0.551. The van der Waals surface area contributed by atoms with Crippen LogP contribution in [0.4, 0.5) is 5.69 Å². The Hall–Kier alpha value is -1.66. The summed E-state index contributed by atoms with van der Waals surface area (Å²) in [6.45, 7) is 5.38. The molecule has 0 spiro atoms. The van der Waals surface area contributed by atoms with Crippen molar-refractivity contribution in [1.82, 2.24) is 4.90 Å². The Morgan fingerprint density at radius 2 is 1.75 bits per heavy atom. The van der Waals surface area contributed by atoms with Gasteiger partial charge in [-0.3, -0.25) is 14.5 Å². The van der Waals surface area contributed by atoms with Gasteiger partial charge in [-0.1, -0.05) is 62.4 Å². The molecule has 0 aromatic heterocycles. The van der Waals surface area contributed by atoms with E-state index in [0.717, 1.165) is 30.5 Å². The zero-order valence-corrected chi connectivity index (χ0v) is 15.5. The van der Waals surface area contributed by atoms with Crippen molar-refractivity contribution in [2.24, 2.45) is 0 Å². The number of carbonyl (C=O) groups is 2. The van der Waals surface area contributed by atoms with Crippen molar-refractivity contribution in [2.45, 2.75) is 33.1 Å². The predicted molar refractivity (Wildman–Crippen MR) is 103 cm³/mol. The largest absolute Gasteiger partial charge is 0.308 e. The number of thioether (sulfide) groups is 1. The van der Waals surface area contributed by atoms with E-state index in [1.54, 1.807) is 9.80 Å². The summed E-state index contributed by atoms with van der Waals surface area (Å²) in [4.78, 5) is 29.6. The van der Waals surface area contributed by atoms with Gasteiger partial charge in [-0.25, -0.2) is 0 Å². The van der Waals surface area contributed by atoms with E-state index in [2.05, 4.69) is 6.92 Å². The first kappa shape index (κ1) is 17.2. The number of unbranched alkanes of at least 4 members (excludes halogenated alkanes) is 1. The molecule has 0 saturated carbocycles. The first-order valence-corrected chi connectivity index (χ1v) is 9.51. The van der Waals surface area contributed by atoms with Crippen molar-refractivity contribution in [3.05, 3.63) is 34.7 Å². The Kier molecular flexibility index (Phi) is 5.06. The molecule has 0 N–H and O–H groups in total. The van der Waals surface area contributed by atoms with Crippen LogP contribution in [0.1, 0.15) is 38.7 Å². The minimum atomic E-state index is -0.130. The Morgan fingerprint density at radius 1 is 1.00 bits per heavy atom. The number of hydrogen-bond acceptors (Lipinski definition) is 4. The van der Waals surface area contributed by atoms with Gasteiger partial charge in [0.2, 0.25) is 0 Å². The fraction of sp³-hybridized carbons (Fsp3) is 0.389. The van der Waals surface area contributed by atoms with Crippen LogP contribution in [0.15, 0.2) is 29.2 Å². The summed E-state index contributed by atoms with van der Waals surface area (Å²) in [5, 5.41) is 0. The average molecular weight is 361 g/mol. The van der Waals surface area contributed by atoms with Gasteiger partial charge in [0, 0.05) is 18.7 Å². The Labute approximate surface area is 151 Å². The first-order valence-electron chi connectivity index (χ1n) is 8.29. The third-order valence-electron chi connectivity index (χ3n) is 4.18. The van der Waals surface area contributed by atoms with E-state index in [0.29, 0.717) is 27.9 Å². The average Bonchev–Trinajstić information content (AvgIpc) is 3.01. The molecule has 6 heteroatoms. The highest BCUT2D eigenvalue weighted by atomic mass is 32.2. The van der Waals surface area contributed by atoms with Gasteiger partial charge in [0.25, 0.3) is 11.8 Å². The molecule has 0 unspecified atom stereocenters. The molecule has 2 heterocycles. The Morgan fingerprint density at radius 3 is 2.46 bits per heavy atom. The Balaban J connectivity index is 2.05. The molecule has 0 aliphatic carbocycles. The van der Waals surface area contributed by atoms with E-state index in [1.807, 2.05) is 31.2 Å². The lowest BCUT2D eigenvalue weighted by Gasteiger charge is -2.15. The standard InChI is InChI=1S/C18H20N2O2S2/c1-3-5-11-20-17(22)15(24-18(20)23)14-12-8-6-7-9-13(12)19(10-4-2)16(14)21/h6-9H,3-5,10-11H2,1-2H3/b15-14+. The highest BCUT2D eigenvalue weighted by molar-refractivity contribution is 8.26. The monoisotopic (exact) mass is 360 g/mol. The number of para-hydroxylation sites is 1. The van der Waals surface area contributed by atoms with Crippen molar-refractivity contribution in [3.8, 4) is 0 Å². The van der Waals surface area contributed by atoms with Crippen LogP contribution in [-0.4, -0.2) is 34.1 Å². The molecular formula is C18H20N2O2S2. The maximum atomic E-state index is 13.0. The fourth-order valence-electron chi connectivity index (χ4n) is 3.00. The van der Waals surface area contributed by atoms with Crippen molar-refractivity contribution in [3.63, 3.8) is 0 Å². The molecule has 1 fully saturated rings. The molecule has 1 aromatic carbocycles. The Bertz CT molecular complexity index is 742. The number of nitrogens with zero attached hydrogens (tertiary/aromatic N) is 2. The first-order chi connectivity index (χ1) is 11.6. The quantitative estimate of drug-likeness (QED) is 0.591. The molecular weight excluding hydrogens is 340 g/mol. The normalized spacial score (nSPS) is 20.3. The molecule has 1 aromatic rings. The van der Waals surface area contributed by atoms with E-state index >= 15 is 0 Å². The van der Waals surface area contributed by atoms with Gasteiger partial charge in [0.05, 0.1) is 16.2 Å². The van der Waals surface area contributed by atoms with Crippen molar-refractivity contribution in [1.29, 1.82) is 0 Å². The van der Waals surface area contributed by atoms with Crippen LogP contribution in [0.25, 0.3) is 5.57 Å². The second-order valence-corrected chi connectivity index (χ2v) is 7.50. The van der Waals surface area contributed by atoms with Crippen LogP contribution >= 0.6 is 24.0 Å². The van der Waals surface area contributed by atoms with E-state index in [-0.39, 0.29) is 11.8 Å². The van der Waals surface area contributed by atoms with Gasteiger partial charge in [-0.15, -0.1) is 0 Å². The number of thiocarbonyl (C=S) groups is 1. The van der Waals surface area contributed by atoms with Crippen molar-refractivity contribution < 1.29 is 9.59 Å². The van der Waals surface area contributed by atoms with Gasteiger partial charge in [0.1, 0.15) is 4.32 Å². The molecule has 1 saturated heterocycles. The third kappa shape index (κ3) is 2.78. The summed E-state index contributed by atoms with van der Waals surface area (Å²) in [5.41, 5.74) is 2.24. The predicted octanol–water partition coefficient (Wildman–Crippen LogP) is 3.81. The third-order valence-corrected chi connectivity index (χ3v) is 5.63. The van der Waals surface area contributed by atoms with Gasteiger partial charge in [-0.05, 0) is 18.9 Å². The summed E-state index contributed by atoms with van der Waals surface area (Å²) in [6.07, 6.45) is 2.77. The number of carbonyl (C=O) groups excluding carboxylic acids is 2. The highest BCUT2D eigenvalue weighted by Crippen LogP contribution is 2.44. The molecule has 2 amide bonds. The minimum Gasteiger partial charge on any atom is -0.308 e. The molecule has 3 rings (SSSR count). The van der Waals surface area contributed by atoms with Gasteiger partial charge >= 0.3 is 0 Å². The molecule has 0 radical (unpaired) electrons. The van der Waals surface area contributed by atoms with Crippen molar-refractivity contribution in [2.75, 3.05) is 18.0 Å². The van der Waals surface area contributed by atoms with E-state index in [9.17, 15) is 9.59 Å². The number of hydrogen-bond donors (Lipinski definition) is 0. The lowest BCUT2D eigenvalue weighted by molar-refractivity contribution is -0.122. The number of fused-ring (bicyclic) bond motifs is 1. The summed E-state index contributed by atoms with van der Waals surface area (Å²) in [6, 6.07) is 7.67. The number of benzene rings is 1. The van der Waals surface area contributed by atoms with Crippen LogP contribution in [0, 0.1) is 0 Å². The smallest absolute Gasteiger partial charge is 0.267 e. The zero-order valence-electron chi connectivity index (χ0n) is 13.9. The zero-order chi connectivity index (χ0) is 17.3. The number of amides is 2. The number of rotatable bonds is 5. The molecule has 126 valence electrons. The van der Waals surface area contributed by atoms with E-state index in [1.165, 1.54) is 11.8 Å². The molecule has 4 nitrogen and oxygen atoms in total. The van der Waals surface area contributed by atoms with E-state index in [4.69, 9.17) is 12.2 Å². The van der Waals surface area contributed by atoms with Crippen LogP contribution in [-0.2, 0) is 9.59 Å². The maximum absolute atomic E-state index is 13.0. The highest BCUT2D eigenvalue weighted by Gasteiger charge is 2.41. The summed E-state index contributed by atoms with van der Waals surface area (Å²) in [7, 11) is 0. The van der Waals surface area contributed by atoms with Gasteiger partial charge < -0.3 is 4.90 Å². The van der Waals surface area contributed by atoms with E-state index < -0.39 is 0 Å². The fourth-order valence-corrected chi connectivity index (χ4v) is 4.38. The van der Waals surface area contributed by atoms with Gasteiger partial charge in [-0.2, -0.15) is 0 Å². The lowest BCUT2D eigenvalue weighted by atomic mass is 10.1. The summed E-state index contributed by atoms with van der Waals surface area (Å²) in [5.74, 6) is -0.219. The van der Waals surface area contributed by atoms with Crippen LogP contribution in [0.2, 0.25) is 0 Å². The second kappa shape index (κ2) is 7.07. The molecule has 2 aliphatic heterocycles. The topological polar surface area (TPSA) is 40.6 Å². The maximum Gasteiger partial charge on any atom is 0.267 e. The molecule has 2 aliphatic rings. The summed E-state index contributed by atoms with van der Waals surface area (Å²) >= 11 is 6.63. The van der Waals surface area contributed by atoms with Gasteiger partial charge in [0.15, 0.2) is 0 Å². The minimum absolute atomic E-state index is 0.0889. The van der Waals surface area contributed by atoms with Crippen LogP contribution in [0.5, 0.6) is 0 Å². The molecule has 0 bridgehead atoms. The lowest BCUT2D eigenvalue weighted by Crippen LogP contribution is -2.30. The molecule has 24 heavy (non-hydrogen) atoms. The molecule has 0 atom stereocenters. The number of anilines is 1. The van der Waals surface area contributed by atoms with Crippen LogP contribution < -0.4 is 4.90 Å². The SMILES string of the molecule is CCCCN1C(=O)/C(=C2\C(=O)N(CCC)c3ccccc32)SC1=S.